The van der Waals surface area contributed by atoms with E-state index in [1.54, 1.807) is 27.0 Å². The van der Waals surface area contributed by atoms with Crippen molar-refractivity contribution in [2.45, 2.75) is 26.3 Å². The summed E-state index contributed by atoms with van der Waals surface area (Å²) in [6.45, 7) is 3.87. The molecule has 1 unspecified atom stereocenters. The number of aliphatic hydroxyl groups excluding tert-OH is 1. The SMILES string of the molecule is COCC(CCO)Nc1cc(C)nc(C)c1C(=O)O. The van der Waals surface area contributed by atoms with E-state index < -0.39 is 5.97 Å². The Morgan fingerprint density at radius 2 is 2.21 bits per heavy atom. The molecule has 1 rings (SSSR count). The molecular weight excluding hydrogens is 248 g/mol. The van der Waals surface area contributed by atoms with Crippen molar-refractivity contribution >= 4 is 11.7 Å². The molecule has 6 nitrogen and oxygen atoms in total. The first kappa shape index (κ1) is 15.4. The number of nitrogens with one attached hydrogen (secondary N) is 1. The lowest BCUT2D eigenvalue weighted by molar-refractivity contribution is 0.0696. The number of aromatic nitrogens is 1. The van der Waals surface area contributed by atoms with Gasteiger partial charge in [-0.25, -0.2) is 4.79 Å². The molecule has 19 heavy (non-hydrogen) atoms. The first-order valence-corrected chi connectivity index (χ1v) is 6.07. The maximum atomic E-state index is 11.3. The van der Waals surface area contributed by atoms with Gasteiger partial charge in [-0.3, -0.25) is 4.98 Å². The monoisotopic (exact) mass is 268 g/mol. The van der Waals surface area contributed by atoms with E-state index in [1.807, 2.05) is 0 Å². The molecule has 0 aromatic carbocycles. The number of pyridine rings is 1. The zero-order valence-corrected chi connectivity index (χ0v) is 11.4. The van der Waals surface area contributed by atoms with Gasteiger partial charge < -0.3 is 20.3 Å². The van der Waals surface area contributed by atoms with Crippen molar-refractivity contribution in [1.29, 1.82) is 0 Å². The lowest BCUT2D eigenvalue weighted by atomic mass is 10.1. The summed E-state index contributed by atoms with van der Waals surface area (Å²) < 4.78 is 5.05. The molecule has 1 aromatic heterocycles. The maximum Gasteiger partial charge on any atom is 0.339 e. The van der Waals surface area contributed by atoms with Crippen LogP contribution in [0, 0.1) is 13.8 Å². The first-order chi connectivity index (χ1) is 8.99. The van der Waals surface area contributed by atoms with Crippen LogP contribution < -0.4 is 5.32 Å². The first-order valence-electron chi connectivity index (χ1n) is 6.07. The molecule has 0 radical (unpaired) electrons. The van der Waals surface area contributed by atoms with Crippen LogP contribution in [-0.2, 0) is 4.74 Å². The molecule has 0 saturated carbocycles. The highest BCUT2D eigenvalue weighted by Gasteiger charge is 2.18. The van der Waals surface area contributed by atoms with Crippen molar-refractivity contribution in [3.8, 4) is 0 Å². The summed E-state index contributed by atoms with van der Waals surface area (Å²) in [6.07, 6.45) is 0.479. The molecule has 1 atom stereocenters. The van der Waals surface area contributed by atoms with E-state index in [1.165, 1.54) is 0 Å². The summed E-state index contributed by atoms with van der Waals surface area (Å²) in [7, 11) is 1.56. The highest BCUT2D eigenvalue weighted by Crippen LogP contribution is 2.21. The van der Waals surface area contributed by atoms with Crippen LogP contribution in [0.2, 0.25) is 0 Å². The number of aromatic carboxylic acids is 1. The number of methoxy groups -OCH3 is 1. The molecule has 106 valence electrons. The van der Waals surface area contributed by atoms with Crippen molar-refractivity contribution in [3.05, 3.63) is 23.0 Å². The minimum atomic E-state index is -1.02. The lowest BCUT2D eigenvalue weighted by Gasteiger charge is -2.20. The summed E-state index contributed by atoms with van der Waals surface area (Å²) in [5.41, 5.74) is 1.87. The summed E-state index contributed by atoms with van der Waals surface area (Å²) >= 11 is 0. The van der Waals surface area contributed by atoms with Gasteiger partial charge in [0, 0.05) is 19.4 Å². The normalized spacial score (nSPS) is 12.2. The molecular formula is C13H20N2O4. The Kier molecular flexibility index (Phi) is 5.72. The van der Waals surface area contributed by atoms with Gasteiger partial charge in [0.05, 0.1) is 24.0 Å². The number of carboxylic acid groups (broad SMARTS) is 1. The zero-order valence-electron chi connectivity index (χ0n) is 11.4. The predicted molar refractivity (Wildman–Crippen MR) is 71.7 cm³/mol. The van der Waals surface area contributed by atoms with Crippen LogP contribution >= 0.6 is 0 Å². The van der Waals surface area contributed by atoms with Crippen LogP contribution in [0.25, 0.3) is 0 Å². The van der Waals surface area contributed by atoms with Crippen LogP contribution in [0.5, 0.6) is 0 Å². The second-order valence-corrected chi connectivity index (χ2v) is 4.39. The Morgan fingerprint density at radius 1 is 1.53 bits per heavy atom. The van der Waals surface area contributed by atoms with E-state index >= 15 is 0 Å². The Balaban J connectivity index is 3.06. The third-order valence-corrected chi connectivity index (χ3v) is 2.75. The van der Waals surface area contributed by atoms with Crippen molar-refractivity contribution in [3.63, 3.8) is 0 Å². The topological polar surface area (TPSA) is 91.7 Å². The molecule has 0 aliphatic rings. The summed E-state index contributed by atoms with van der Waals surface area (Å²) in [4.78, 5) is 15.4. The molecule has 0 spiro atoms. The highest BCUT2D eigenvalue weighted by atomic mass is 16.5. The van der Waals surface area contributed by atoms with Gasteiger partial charge in [-0.1, -0.05) is 0 Å². The third-order valence-electron chi connectivity index (χ3n) is 2.75. The highest BCUT2D eigenvalue weighted by molar-refractivity contribution is 5.95. The van der Waals surface area contributed by atoms with Gasteiger partial charge in [-0.2, -0.15) is 0 Å². The molecule has 3 N–H and O–H groups in total. The molecule has 0 saturated heterocycles. The molecule has 6 heteroatoms. The van der Waals surface area contributed by atoms with Crippen molar-refractivity contribution in [2.75, 3.05) is 25.6 Å². The van der Waals surface area contributed by atoms with E-state index in [0.29, 0.717) is 24.4 Å². The summed E-state index contributed by atoms with van der Waals surface area (Å²) in [5.74, 6) is -1.02. The molecule has 0 aliphatic carbocycles. The number of aryl methyl sites for hydroxylation is 2. The van der Waals surface area contributed by atoms with E-state index in [-0.39, 0.29) is 18.2 Å². The summed E-state index contributed by atoms with van der Waals surface area (Å²) in [5, 5.41) is 21.4. The Labute approximate surface area is 112 Å². The number of hydrogen-bond donors (Lipinski definition) is 3. The fraction of sp³-hybridized carbons (Fsp3) is 0.538. The van der Waals surface area contributed by atoms with Gasteiger partial charge in [0.2, 0.25) is 0 Å². The number of anilines is 1. The minimum absolute atomic E-state index is 0.00643. The number of carboxylic acids is 1. The summed E-state index contributed by atoms with van der Waals surface area (Å²) in [6, 6.07) is 1.55. The van der Waals surface area contributed by atoms with Crippen LogP contribution in [0.15, 0.2) is 6.07 Å². The number of ether oxygens (including phenoxy) is 1. The Bertz CT molecular complexity index is 443. The standard InChI is InChI=1S/C13H20N2O4/c1-8-6-11(12(13(17)18)9(2)14-8)15-10(4-5-16)7-19-3/h6,10,16H,4-5,7H2,1-3H3,(H,14,15)(H,17,18). The van der Waals surface area contributed by atoms with E-state index in [2.05, 4.69) is 10.3 Å². The van der Waals surface area contributed by atoms with Crippen LogP contribution in [0.1, 0.15) is 28.2 Å². The minimum Gasteiger partial charge on any atom is -0.478 e. The van der Waals surface area contributed by atoms with E-state index in [4.69, 9.17) is 9.84 Å². The Morgan fingerprint density at radius 3 is 2.74 bits per heavy atom. The van der Waals surface area contributed by atoms with E-state index in [0.717, 1.165) is 5.69 Å². The number of carbonyl (C=O) groups is 1. The number of hydrogen-bond acceptors (Lipinski definition) is 5. The smallest absolute Gasteiger partial charge is 0.339 e. The van der Waals surface area contributed by atoms with Crippen LogP contribution in [0.4, 0.5) is 5.69 Å². The fourth-order valence-electron chi connectivity index (χ4n) is 1.99. The third kappa shape index (κ3) is 4.18. The molecule has 0 bridgehead atoms. The van der Waals surface area contributed by atoms with Gasteiger partial charge in [0.1, 0.15) is 5.56 Å². The number of rotatable bonds is 7. The van der Waals surface area contributed by atoms with Gasteiger partial charge in [-0.15, -0.1) is 0 Å². The molecule has 1 heterocycles. The second-order valence-electron chi connectivity index (χ2n) is 4.39. The van der Waals surface area contributed by atoms with Crippen molar-refractivity contribution in [1.82, 2.24) is 4.98 Å². The lowest BCUT2D eigenvalue weighted by Crippen LogP contribution is -2.27. The van der Waals surface area contributed by atoms with Gasteiger partial charge in [0.15, 0.2) is 0 Å². The van der Waals surface area contributed by atoms with E-state index in [9.17, 15) is 9.90 Å². The molecule has 1 aromatic rings. The van der Waals surface area contributed by atoms with Gasteiger partial charge in [0.25, 0.3) is 0 Å². The fourth-order valence-corrected chi connectivity index (χ4v) is 1.99. The zero-order chi connectivity index (χ0) is 14.4. The van der Waals surface area contributed by atoms with Crippen molar-refractivity contribution in [2.24, 2.45) is 0 Å². The molecule has 0 fully saturated rings. The average Bonchev–Trinajstić information content (AvgIpc) is 2.27. The molecule has 0 amide bonds. The second kappa shape index (κ2) is 7.06. The average molecular weight is 268 g/mol. The van der Waals surface area contributed by atoms with Crippen LogP contribution in [0.3, 0.4) is 0 Å². The molecule has 0 aliphatic heterocycles. The Hall–Kier alpha value is -1.66. The maximum absolute atomic E-state index is 11.3. The van der Waals surface area contributed by atoms with Gasteiger partial charge >= 0.3 is 5.97 Å². The van der Waals surface area contributed by atoms with Crippen LogP contribution in [-0.4, -0.2) is 47.5 Å². The predicted octanol–water partition coefficient (Wildman–Crippen LogP) is 1.21. The van der Waals surface area contributed by atoms with Gasteiger partial charge in [-0.05, 0) is 26.3 Å². The largest absolute Gasteiger partial charge is 0.478 e. The number of nitrogens with zero attached hydrogens (tertiary/aromatic N) is 1. The van der Waals surface area contributed by atoms with Crippen molar-refractivity contribution < 1.29 is 19.7 Å². The number of aliphatic hydroxyl groups is 1. The quantitative estimate of drug-likeness (QED) is 0.688.